The van der Waals surface area contributed by atoms with Crippen LogP contribution >= 0.6 is 0 Å². The Morgan fingerprint density at radius 2 is 2.00 bits per heavy atom. The molecule has 1 heterocycles. The molecule has 7 nitrogen and oxygen atoms in total. The van der Waals surface area contributed by atoms with Crippen LogP contribution in [0.3, 0.4) is 0 Å². The summed E-state index contributed by atoms with van der Waals surface area (Å²) in [4.78, 5) is 28.9. The van der Waals surface area contributed by atoms with E-state index in [1.54, 1.807) is 6.92 Å². The lowest BCUT2D eigenvalue weighted by atomic mass is 10.5. The van der Waals surface area contributed by atoms with Gasteiger partial charge in [0.25, 0.3) is 0 Å². The molecule has 0 aliphatic heterocycles. The van der Waals surface area contributed by atoms with Crippen LogP contribution in [0, 0.1) is 6.92 Å². The SMILES string of the molecule is Cc1ncc(NC(=O)NCC(=O)O)cn1. The van der Waals surface area contributed by atoms with E-state index in [0.717, 1.165) is 0 Å². The Labute approximate surface area is 85.5 Å². The molecule has 0 atom stereocenters. The first-order valence-corrected chi connectivity index (χ1v) is 4.13. The Morgan fingerprint density at radius 1 is 1.40 bits per heavy atom. The number of hydrogen-bond acceptors (Lipinski definition) is 4. The van der Waals surface area contributed by atoms with E-state index in [1.165, 1.54) is 12.4 Å². The number of nitrogens with one attached hydrogen (secondary N) is 2. The molecule has 0 fully saturated rings. The van der Waals surface area contributed by atoms with E-state index in [1.807, 2.05) is 0 Å². The maximum atomic E-state index is 11.1. The molecule has 0 spiro atoms. The van der Waals surface area contributed by atoms with Gasteiger partial charge in [-0.15, -0.1) is 0 Å². The van der Waals surface area contributed by atoms with Crippen LogP contribution in [0.15, 0.2) is 12.4 Å². The molecule has 0 radical (unpaired) electrons. The third kappa shape index (κ3) is 4.03. The number of carbonyl (C=O) groups is 2. The molecular weight excluding hydrogens is 200 g/mol. The third-order valence-corrected chi connectivity index (χ3v) is 1.44. The molecule has 0 unspecified atom stereocenters. The molecule has 7 heteroatoms. The van der Waals surface area contributed by atoms with E-state index in [4.69, 9.17) is 5.11 Å². The van der Waals surface area contributed by atoms with Gasteiger partial charge < -0.3 is 15.7 Å². The van der Waals surface area contributed by atoms with E-state index < -0.39 is 18.5 Å². The Kier molecular flexibility index (Phi) is 3.55. The maximum Gasteiger partial charge on any atom is 0.323 e. The number of amides is 2. The van der Waals surface area contributed by atoms with Crippen molar-refractivity contribution in [2.45, 2.75) is 6.92 Å². The van der Waals surface area contributed by atoms with Crippen LogP contribution in [-0.2, 0) is 4.79 Å². The molecule has 0 saturated heterocycles. The summed E-state index contributed by atoms with van der Waals surface area (Å²) in [7, 11) is 0. The number of anilines is 1. The normalized spacial score (nSPS) is 9.40. The summed E-state index contributed by atoms with van der Waals surface area (Å²) >= 11 is 0. The van der Waals surface area contributed by atoms with Gasteiger partial charge in [-0.05, 0) is 6.92 Å². The highest BCUT2D eigenvalue weighted by molar-refractivity contribution is 5.90. The van der Waals surface area contributed by atoms with Gasteiger partial charge in [-0.2, -0.15) is 0 Å². The van der Waals surface area contributed by atoms with Gasteiger partial charge in [-0.3, -0.25) is 4.79 Å². The molecule has 80 valence electrons. The van der Waals surface area contributed by atoms with Crippen molar-refractivity contribution in [1.82, 2.24) is 15.3 Å². The number of hydrogen-bond donors (Lipinski definition) is 3. The second-order valence-electron chi connectivity index (χ2n) is 2.72. The largest absolute Gasteiger partial charge is 0.480 e. The summed E-state index contributed by atoms with van der Waals surface area (Å²) in [5.41, 5.74) is 0.406. The lowest BCUT2D eigenvalue weighted by Gasteiger charge is -2.04. The number of aromatic nitrogens is 2. The van der Waals surface area contributed by atoms with Crippen molar-refractivity contribution < 1.29 is 14.7 Å². The number of aliphatic carboxylic acids is 1. The number of rotatable bonds is 3. The molecule has 15 heavy (non-hydrogen) atoms. The van der Waals surface area contributed by atoms with Crippen molar-refractivity contribution in [3.05, 3.63) is 18.2 Å². The fourth-order valence-corrected chi connectivity index (χ4v) is 0.788. The van der Waals surface area contributed by atoms with E-state index in [0.29, 0.717) is 11.5 Å². The summed E-state index contributed by atoms with van der Waals surface area (Å²) < 4.78 is 0. The van der Waals surface area contributed by atoms with Gasteiger partial charge in [0, 0.05) is 0 Å². The van der Waals surface area contributed by atoms with Gasteiger partial charge >= 0.3 is 12.0 Å². The van der Waals surface area contributed by atoms with E-state index in [-0.39, 0.29) is 0 Å². The van der Waals surface area contributed by atoms with Crippen molar-refractivity contribution in [1.29, 1.82) is 0 Å². The summed E-state index contributed by atoms with van der Waals surface area (Å²) in [5, 5.41) is 12.8. The zero-order chi connectivity index (χ0) is 11.3. The number of aryl methyl sites for hydroxylation is 1. The van der Waals surface area contributed by atoms with Crippen LogP contribution in [0.4, 0.5) is 10.5 Å². The monoisotopic (exact) mass is 210 g/mol. The second-order valence-corrected chi connectivity index (χ2v) is 2.72. The van der Waals surface area contributed by atoms with Crippen molar-refractivity contribution >= 4 is 17.7 Å². The molecule has 0 saturated carbocycles. The van der Waals surface area contributed by atoms with Crippen molar-refractivity contribution in [2.75, 3.05) is 11.9 Å². The summed E-state index contributed by atoms with van der Waals surface area (Å²) in [6, 6.07) is -0.607. The highest BCUT2D eigenvalue weighted by atomic mass is 16.4. The molecule has 1 aromatic rings. The van der Waals surface area contributed by atoms with Crippen LogP contribution in [0.2, 0.25) is 0 Å². The topological polar surface area (TPSA) is 104 Å². The van der Waals surface area contributed by atoms with Crippen molar-refractivity contribution in [2.24, 2.45) is 0 Å². The molecule has 0 aromatic carbocycles. The Balaban J connectivity index is 2.44. The van der Waals surface area contributed by atoms with E-state index in [9.17, 15) is 9.59 Å². The van der Waals surface area contributed by atoms with Gasteiger partial charge in [0.2, 0.25) is 0 Å². The minimum atomic E-state index is -1.11. The molecule has 0 aliphatic rings. The zero-order valence-electron chi connectivity index (χ0n) is 8.02. The van der Waals surface area contributed by atoms with Gasteiger partial charge in [0.15, 0.2) is 0 Å². The predicted molar refractivity (Wildman–Crippen MR) is 51.4 cm³/mol. The quantitative estimate of drug-likeness (QED) is 0.650. The number of carboxylic acids is 1. The van der Waals surface area contributed by atoms with Crippen molar-refractivity contribution in [3.8, 4) is 0 Å². The van der Waals surface area contributed by atoms with Crippen LogP contribution < -0.4 is 10.6 Å². The van der Waals surface area contributed by atoms with Gasteiger partial charge in [-0.25, -0.2) is 14.8 Å². The van der Waals surface area contributed by atoms with Crippen LogP contribution in [-0.4, -0.2) is 33.6 Å². The minimum Gasteiger partial charge on any atom is -0.480 e. The smallest absolute Gasteiger partial charge is 0.323 e. The van der Waals surface area contributed by atoms with Gasteiger partial charge in [-0.1, -0.05) is 0 Å². The second kappa shape index (κ2) is 4.89. The molecule has 0 aliphatic carbocycles. The third-order valence-electron chi connectivity index (χ3n) is 1.44. The van der Waals surface area contributed by atoms with Crippen LogP contribution in [0.5, 0.6) is 0 Å². The average molecular weight is 210 g/mol. The van der Waals surface area contributed by atoms with Crippen molar-refractivity contribution in [3.63, 3.8) is 0 Å². The number of carbonyl (C=O) groups excluding carboxylic acids is 1. The fraction of sp³-hybridized carbons (Fsp3) is 0.250. The van der Waals surface area contributed by atoms with Gasteiger partial charge in [0.1, 0.15) is 12.4 Å². The average Bonchev–Trinajstić information content (AvgIpc) is 2.19. The first kappa shape index (κ1) is 10.9. The Hall–Kier alpha value is -2.18. The molecule has 3 N–H and O–H groups in total. The van der Waals surface area contributed by atoms with Crippen LogP contribution in [0.1, 0.15) is 5.82 Å². The summed E-state index contributed by atoms with van der Waals surface area (Å²) in [6.45, 7) is 1.28. The molecule has 2 amide bonds. The molecule has 1 rings (SSSR count). The van der Waals surface area contributed by atoms with E-state index in [2.05, 4.69) is 20.6 Å². The summed E-state index contributed by atoms with van der Waals surface area (Å²) in [5.74, 6) is -0.517. The lowest BCUT2D eigenvalue weighted by molar-refractivity contribution is -0.135. The van der Waals surface area contributed by atoms with E-state index >= 15 is 0 Å². The number of carboxylic acid groups (broad SMARTS) is 1. The first-order valence-electron chi connectivity index (χ1n) is 4.13. The Bertz CT molecular complexity index is 363. The first-order chi connectivity index (χ1) is 7.08. The molecule has 1 aromatic heterocycles. The lowest BCUT2D eigenvalue weighted by Crippen LogP contribution is -2.33. The van der Waals surface area contributed by atoms with Crippen LogP contribution in [0.25, 0.3) is 0 Å². The molecule has 0 bridgehead atoms. The zero-order valence-corrected chi connectivity index (χ0v) is 8.02. The fourth-order valence-electron chi connectivity index (χ4n) is 0.788. The maximum absolute atomic E-state index is 11.1. The highest BCUT2D eigenvalue weighted by Gasteiger charge is 2.03. The highest BCUT2D eigenvalue weighted by Crippen LogP contribution is 2.01. The Morgan fingerprint density at radius 3 is 2.53 bits per heavy atom. The van der Waals surface area contributed by atoms with Gasteiger partial charge in [0.05, 0.1) is 18.1 Å². The number of urea groups is 1. The standard InChI is InChI=1S/C8H10N4O3/c1-5-9-2-6(3-10-5)12-8(15)11-4-7(13)14/h2-3H,4H2,1H3,(H,13,14)(H2,11,12,15). The number of nitrogens with zero attached hydrogens (tertiary/aromatic N) is 2. The minimum absolute atomic E-state index is 0.406. The molecular formula is C8H10N4O3. The summed E-state index contributed by atoms with van der Waals surface area (Å²) in [6.07, 6.45) is 2.87. The predicted octanol–water partition coefficient (Wildman–Crippen LogP) is -0.00888.